The van der Waals surface area contributed by atoms with Crippen LogP contribution in [0, 0.1) is 0 Å². The van der Waals surface area contributed by atoms with Crippen molar-refractivity contribution in [3.8, 4) is 5.75 Å². The van der Waals surface area contributed by atoms with Crippen LogP contribution in [0.25, 0.3) is 0 Å². The number of hydrogen-bond donors (Lipinski definition) is 1. The van der Waals surface area contributed by atoms with Crippen LogP contribution in [-0.4, -0.2) is 33.9 Å². The summed E-state index contributed by atoms with van der Waals surface area (Å²) >= 11 is 0. The van der Waals surface area contributed by atoms with E-state index in [1.54, 1.807) is 7.11 Å². The van der Waals surface area contributed by atoms with E-state index in [0.29, 0.717) is 18.9 Å². The van der Waals surface area contributed by atoms with E-state index < -0.39 is 0 Å². The first-order chi connectivity index (χ1) is 8.19. The summed E-state index contributed by atoms with van der Waals surface area (Å²) in [5.41, 5.74) is 7.63. The molecule has 96 valence electrons. The highest BCUT2D eigenvalue weighted by Crippen LogP contribution is 2.27. The summed E-state index contributed by atoms with van der Waals surface area (Å²) in [7, 11) is 3.72. The Bertz CT molecular complexity index is 342. The van der Waals surface area contributed by atoms with Crippen LogP contribution in [0.5, 0.6) is 5.75 Å². The predicted octanol–water partition coefficient (Wildman–Crippen LogP) is 2.14. The number of rotatable bonds is 7. The summed E-state index contributed by atoms with van der Waals surface area (Å²) in [6, 6.07) is 5.84. The summed E-state index contributed by atoms with van der Waals surface area (Å²) in [6.07, 6.45) is 0.975. The van der Waals surface area contributed by atoms with Gasteiger partial charge in [0.15, 0.2) is 0 Å². The molecule has 0 saturated heterocycles. The number of methoxy groups -OCH3 is 1. The van der Waals surface area contributed by atoms with Crippen LogP contribution in [0.15, 0.2) is 18.2 Å². The highest BCUT2D eigenvalue weighted by Gasteiger charge is 2.05. The second-order valence-electron chi connectivity index (χ2n) is 3.98. The lowest BCUT2D eigenvalue weighted by atomic mass is 10.2. The second kappa shape index (κ2) is 7.01. The third-order valence-electron chi connectivity index (χ3n) is 2.53. The number of nitrogens with zero attached hydrogens (tertiary/aromatic N) is 1. The molecule has 0 atom stereocenters. The number of hydrogen-bond acceptors (Lipinski definition) is 4. The molecular formula is C13H22N2O2. The lowest BCUT2D eigenvalue weighted by Crippen LogP contribution is -2.22. The number of benzene rings is 1. The standard InChI is InChI=1S/C13H22N2O2/c1-4-8-17-13-10-11(5-6-12(13)14)15(2)7-9-16-3/h5-6,10H,4,7-9,14H2,1-3H3. The number of anilines is 2. The Kier molecular flexibility index (Phi) is 5.63. The third-order valence-corrected chi connectivity index (χ3v) is 2.53. The topological polar surface area (TPSA) is 47.7 Å². The number of ether oxygens (including phenoxy) is 2. The van der Waals surface area contributed by atoms with Crippen LogP contribution in [-0.2, 0) is 4.74 Å². The van der Waals surface area contributed by atoms with E-state index in [-0.39, 0.29) is 0 Å². The van der Waals surface area contributed by atoms with Gasteiger partial charge in [-0.15, -0.1) is 0 Å². The molecule has 4 heteroatoms. The quantitative estimate of drug-likeness (QED) is 0.739. The Morgan fingerprint density at radius 1 is 1.29 bits per heavy atom. The zero-order valence-electron chi connectivity index (χ0n) is 10.9. The van der Waals surface area contributed by atoms with E-state index >= 15 is 0 Å². The van der Waals surface area contributed by atoms with E-state index in [4.69, 9.17) is 15.2 Å². The SMILES string of the molecule is CCCOc1cc(N(C)CCOC)ccc1N. The highest BCUT2D eigenvalue weighted by molar-refractivity contribution is 5.62. The molecule has 0 aliphatic carbocycles. The molecule has 0 heterocycles. The van der Waals surface area contributed by atoms with Gasteiger partial charge < -0.3 is 20.1 Å². The van der Waals surface area contributed by atoms with E-state index in [9.17, 15) is 0 Å². The zero-order valence-corrected chi connectivity index (χ0v) is 10.9. The van der Waals surface area contributed by atoms with Crippen LogP contribution in [0.1, 0.15) is 13.3 Å². The molecule has 17 heavy (non-hydrogen) atoms. The molecule has 1 rings (SSSR count). The molecule has 0 bridgehead atoms. The zero-order chi connectivity index (χ0) is 12.7. The molecule has 4 nitrogen and oxygen atoms in total. The Labute approximate surface area is 103 Å². The van der Waals surface area contributed by atoms with Crippen molar-refractivity contribution in [1.29, 1.82) is 0 Å². The molecule has 1 aromatic carbocycles. The smallest absolute Gasteiger partial charge is 0.144 e. The molecule has 0 aromatic heterocycles. The summed E-state index contributed by atoms with van der Waals surface area (Å²) in [5.74, 6) is 0.758. The van der Waals surface area contributed by atoms with Crippen LogP contribution >= 0.6 is 0 Å². The minimum absolute atomic E-state index is 0.683. The van der Waals surface area contributed by atoms with Crippen LogP contribution in [0.3, 0.4) is 0 Å². The van der Waals surface area contributed by atoms with Gasteiger partial charge in [-0.1, -0.05) is 6.92 Å². The Morgan fingerprint density at radius 3 is 2.71 bits per heavy atom. The molecule has 0 saturated carbocycles. The maximum Gasteiger partial charge on any atom is 0.144 e. The average Bonchev–Trinajstić information content (AvgIpc) is 2.35. The van der Waals surface area contributed by atoms with E-state index in [2.05, 4.69) is 11.8 Å². The van der Waals surface area contributed by atoms with Crippen molar-refractivity contribution in [3.63, 3.8) is 0 Å². The van der Waals surface area contributed by atoms with Gasteiger partial charge in [0.1, 0.15) is 5.75 Å². The monoisotopic (exact) mass is 238 g/mol. The van der Waals surface area contributed by atoms with Gasteiger partial charge >= 0.3 is 0 Å². The fourth-order valence-electron chi connectivity index (χ4n) is 1.45. The van der Waals surface area contributed by atoms with Crippen molar-refractivity contribution in [2.75, 3.05) is 44.5 Å². The number of nitrogens with two attached hydrogens (primary N) is 1. The van der Waals surface area contributed by atoms with Gasteiger partial charge in [-0.3, -0.25) is 0 Å². The van der Waals surface area contributed by atoms with Gasteiger partial charge in [-0.2, -0.15) is 0 Å². The normalized spacial score (nSPS) is 10.3. The first kappa shape index (κ1) is 13.6. The average molecular weight is 238 g/mol. The molecule has 2 N–H and O–H groups in total. The van der Waals surface area contributed by atoms with Crippen LogP contribution < -0.4 is 15.4 Å². The van der Waals surface area contributed by atoms with Gasteiger partial charge in [0, 0.05) is 32.5 Å². The number of likely N-dealkylation sites (N-methyl/N-ethyl adjacent to an activating group) is 1. The Hall–Kier alpha value is -1.42. The molecular weight excluding hydrogens is 216 g/mol. The molecule has 0 aliphatic rings. The Morgan fingerprint density at radius 2 is 2.06 bits per heavy atom. The summed E-state index contributed by atoms with van der Waals surface area (Å²) in [6.45, 7) is 4.31. The van der Waals surface area contributed by atoms with Gasteiger partial charge in [0.05, 0.1) is 18.9 Å². The van der Waals surface area contributed by atoms with Gasteiger partial charge in [-0.05, 0) is 18.6 Å². The van der Waals surface area contributed by atoms with Crippen molar-refractivity contribution < 1.29 is 9.47 Å². The second-order valence-corrected chi connectivity index (χ2v) is 3.98. The summed E-state index contributed by atoms with van der Waals surface area (Å²) in [4.78, 5) is 2.11. The molecule has 1 aromatic rings. The third kappa shape index (κ3) is 4.15. The van der Waals surface area contributed by atoms with Crippen molar-refractivity contribution in [1.82, 2.24) is 0 Å². The van der Waals surface area contributed by atoms with Gasteiger partial charge in [-0.25, -0.2) is 0 Å². The highest BCUT2D eigenvalue weighted by atomic mass is 16.5. The molecule has 0 amide bonds. The van der Waals surface area contributed by atoms with Gasteiger partial charge in [0.2, 0.25) is 0 Å². The van der Waals surface area contributed by atoms with Crippen LogP contribution in [0.4, 0.5) is 11.4 Å². The largest absolute Gasteiger partial charge is 0.491 e. The number of nitrogen functional groups attached to an aromatic ring is 1. The van der Waals surface area contributed by atoms with Crippen molar-refractivity contribution in [3.05, 3.63) is 18.2 Å². The first-order valence-corrected chi connectivity index (χ1v) is 5.91. The minimum Gasteiger partial charge on any atom is -0.491 e. The fraction of sp³-hybridized carbons (Fsp3) is 0.538. The lowest BCUT2D eigenvalue weighted by molar-refractivity contribution is 0.206. The molecule has 0 unspecified atom stereocenters. The molecule has 0 fully saturated rings. The summed E-state index contributed by atoms with van der Waals surface area (Å²) < 4.78 is 10.7. The predicted molar refractivity (Wildman–Crippen MR) is 71.8 cm³/mol. The first-order valence-electron chi connectivity index (χ1n) is 5.91. The van der Waals surface area contributed by atoms with Crippen molar-refractivity contribution in [2.24, 2.45) is 0 Å². The molecule has 0 aliphatic heterocycles. The Balaban J connectivity index is 2.72. The lowest BCUT2D eigenvalue weighted by Gasteiger charge is -2.20. The molecule has 0 radical (unpaired) electrons. The minimum atomic E-state index is 0.683. The van der Waals surface area contributed by atoms with Gasteiger partial charge in [0.25, 0.3) is 0 Å². The van der Waals surface area contributed by atoms with Crippen molar-refractivity contribution >= 4 is 11.4 Å². The van der Waals surface area contributed by atoms with E-state index in [0.717, 1.165) is 24.4 Å². The van der Waals surface area contributed by atoms with E-state index in [1.165, 1.54) is 0 Å². The van der Waals surface area contributed by atoms with Crippen molar-refractivity contribution in [2.45, 2.75) is 13.3 Å². The summed E-state index contributed by atoms with van der Waals surface area (Å²) in [5, 5.41) is 0. The van der Waals surface area contributed by atoms with E-state index in [1.807, 2.05) is 25.2 Å². The molecule has 0 spiro atoms. The maximum atomic E-state index is 5.86. The van der Waals surface area contributed by atoms with Crippen LogP contribution in [0.2, 0.25) is 0 Å². The maximum absolute atomic E-state index is 5.86. The fourth-order valence-corrected chi connectivity index (χ4v) is 1.45.